The van der Waals surface area contributed by atoms with Gasteiger partial charge in [0.05, 0.1) is 39.6 Å². The Balaban J connectivity index is 4.95. The van der Waals surface area contributed by atoms with Crippen molar-refractivity contribution in [3.8, 4) is 0 Å². The molecule has 232 valence electrons. The minimum atomic E-state index is -0.197. The second-order valence-corrected chi connectivity index (χ2v) is 16.1. The van der Waals surface area contributed by atoms with Crippen LogP contribution in [0.4, 0.5) is 0 Å². The normalized spacial score (nSPS) is 16.4. The van der Waals surface area contributed by atoms with E-state index in [1.807, 2.05) is 0 Å². The van der Waals surface area contributed by atoms with Crippen molar-refractivity contribution in [3.05, 3.63) is 0 Å². The van der Waals surface area contributed by atoms with Crippen molar-refractivity contribution in [3.63, 3.8) is 0 Å². The molecule has 2 N–H and O–H groups in total. The second-order valence-electron chi connectivity index (χ2n) is 16.1. The summed E-state index contributed by atoms with van der Waals surface area (Å²) in [5, 5.41) is 6.11. The van der Waals surface area contributed by atoms with Crippen molar-refractivity contribution in [2.75, 3.05) is 52.7 Å². The maximum Gasteiger partial charge on any atom is 0.216 e. The van der Waals surface area contributed by atoms with Gasteiger partial charge in [-0.05, 0) is 34.5 Å². The van der Waals surface area contributed by atoms with Gasteiger partial charge in [0, 0.05) is 37.8 Å². The van der Waals surface area contributed by atoms with Gasteiger partial charge in [0.25, 0.3) is 0 Å². The van der Waals surface area contributed by atoms with E-state index in [9.17, 15) is 9.59 Å². The maximum atomic E-state index is 11.7. The van der Waals surface area contributed by atoms with Crippen LogP contribution in [0, 0.1) is 32.5 Å². The Hall–Kier alpha value is -1.18. The summed E-state index contributed by atoms with van der Waals surface area (Å²) in [6.07, 6.45) is 1.86. The average molecular weight is 557 g/mol. The molecule has 0 aromatic heterocycles. The first kappa shape index (κ1) is 37.8. The molecule has 2 amide bonds. The Bertz CT molecular complexity index is 678. The zero-order valence-electron chi connectivity index (χ0n) is 28.1. The van der Waals surface area contributed by atoms with Gasteiger partial charge >= 0.3 is 0 Å². The third-order valence-electron chi connectivity index (χ3n) is 7.77. The fourth-order valence-corrected chi connectivity index (χ4v) is 5.31. The molecule has 0 aromatic carbocycles. The van der Waals surface area contributed by atoms with Crippen LogP contribution in [0.1, 0.15) is 110 Å². The van der Waals surface area contributed by atoms with Gasteiger partial charge in [0.1, 0.15) is 0 Å². The Morgan fingerprint density at radius 3 is 1.03 bits per heavy atom. The number of amides is 2. The lowest BCUT2D eigenvalue weighted by Crippen LogP contribution is -2.50. The summed E-state index contributed by atoms with van der Waals surface area (Å²) in [6, 6.07) is 0. The summed E-state index contributed by atoms with van der Waals surface area (Å²) in [5.41, 5.74) is -0.312. The molecule has 0 fully saturated rings. The molecule has 2 atom stereocenters. The monoisotopic (exact) mass is 556 g/mol. The third-order valence-corrected chi connectivity index (χ3v) is 7.77. The molecule has 0 spiro atoms. The summed E-state index contributed by atoms with van der Waals surface area (Å²) in [7, 11) is 0. The standard InChI is InChI=1S/C32H64N2O5/c1-25(35)33-21-31(29(9,10)11,19-27(3,4)5)23-38-17-15-37-16-18-39-24-32(30(12,13)14,20-28(6,7)8)22-34-26(2)36/h15-24H2,1-14H3,(H,33,35)(H,34,36). The van der Waals surface area contributed by atoms with E-state index >= 15 is 0 Å². The molecule has 0 aromatic rings. The van der Waals surface area contributed by atoms with Crippen molar-refractivity contribution in [2.24, 2.45) is 32.5 Å². The SMILES string of the molecule is CC(=O)NCC(COCCOCCOCC(CNC(C)=O)(CC(C)(C)C)C(C)(C)C)(CC(C)(C)C)C(C)(C)C. The van der Waals surface area contributed by atoms with Gasteiger partial charge in [0.2, 0.25) is 11.8 Å². The van der Waals surface area contributed by atoms with Gasteiger partial charge in [-0.25, -0.2) is 0 Å². The molecule has 39 heavy (non-hydrogen) atoms. The highest BCUT2D eigenvalue weighted by Crippen LogP contribution is 2.48. The number of carbonyl (C=O) groups is 2. The molecule has 0 saturated carbocycles. The fraction of sp³-hybridized carbons (Fsp3) is 0.938. The molecule has 0 bridgehead atoms. The van der Waals surface area contributed by atoms with Crippen molar-refractivity contribution in [1.82, 2.24) is 10.6 Å². The second kappa shape index (κ2) is 15.2. The van der Waals surface area contributed by atoms with E-state index in [1.54, 1.807) is 13.8 Å². The van der Waals surface area contributed by atoms with E-state index in [4.69, 9.17) is 14.2 Å². The van der Waals surface area contributed by atoms with Crippen molar-refractivity contribution in [2.45, 2.75) is 110 Å². The van der Waals surface area contributed by atoms with Crippen molar-refractivity contribution < 1.29 is 23.8 Å². The topological polar surface area (TPSA) is 85.9 Å². The maximum absolute atomic E-state index is 11.7. The number of nitrogens with one attached hydrogen (secondary N) is 2. The Morgan fingerprint density at radius 1 is 0.513 bits per heavy atom. The Kier molecular flexibility index (Phi) is 14.7. The quantitative estimate of drug-likeness (QED) is 0.220. The zero-order valence-corrected chi connectivity index (χ0v) is 28.1. The predicted octanol–water partition coefficient (Wildman–Crippen LogP) is 6.25. The Labute approximate surface area is 241 Å². The summed E-state index contributed by atoms with van der Waals surface area (Å²) < 4.78 is 18.2. The van der Waals surface area contributed by atoms with E-state index in [-0.39, 0.29) is 44.3 Å². The number of hydrogen-bond acceptors (Lipinski definition) is 5. The molecule has 0 heterocycles. The van der Waals surface area contributed by atoms with Crippen LogP contribution in [0.25, 0.3) is 0 Å². The summed E-state index contributed by atoms with van der Waals surface area (Å²) in [5.74, 6) is -0.0353. The summed E-state index contributed by atoms with van der Waals surface area (Å²) in [6.45, 7) is 34.1. The highest BCUT2D eigenvalue weighted by molar-refractivity contribution is 5.73. The van der Waals surface area contributed by atoms with E-state index in [1.165, 1.54) is 0 Å². The molecule has 0 saturated heterocycles. The molecule has 7 heteroatoms. The highest BCUT2D eigenvalue weighted by atomic mass is 16.5. The molecule has 7 nitrogen and oxygen atoms in total. The van der Waals surface area contributed by atoms with Crippen LogP contribution in [0.15, 0.2) is 0 Å². The fourth-order valence-electron chi connectivity index (χ4n) is 5.31. The molecule has 0 rings (SSSR count). The smallest absolute Gasteiger partial charge is 0.216 e. The highest BCUT2D eigenvalue weighted by Gasteiger charge is 2.46. The number of ether oxygens (including phenoxy) is 3. The number of carbonyl (C=O) groups excluding carboxylic acids is 2. The minimum Gasteiger partial charge on any atom is -0.378 e. The Morgan fingerprint density at radius 2 is 0.795 bits per heavy atom. The zero-order chi connectivity index (χ0) is 30.8. The molecule has 0 aliphatic carbocycles. The van der Waals surface area contributed by atoms with Crippen LogP contribution < -0.4 is 10.6 Å². The van der Waals surface area contributed by atoms with E-state index in [0.717, 1.165) is 12.8 Å². The van der Waals surface area contributed by atoms with E-state index < -0.39 is 0 Å². The van der Waals surface area contributed by atoms with Gasteiger partial charge in [-0.2, -0.15) is 0 Å². The van der Waals surface area contributed by atoms with Gasteiger partial charge < -0.3 is 24.8 Å². The van der Waals surface area contributed by atoms with Crippen LogP contribution in [0.2, 0.25) is 0 Å². The third kappa shape index (κ3) is 14.9. The lowest BCUT2D eigenvalue weighted by atomic mass is 9.60. The predicted molar refractivity (Wildman–Crippen MR) is 162 cm³/mol. The number of hydrogen-bond donors (Lipinski definition) is 2. The molecule has 0 radical (unpaired) electrons. The summed E-state index contributed by atoms with van der Waals surface area (Å²) in [4.78, 5) is 23.5. The van der Waals surface area contributed by atoms with Crippen molar-refractivity contribution >= 4 is 11.8 Å². The first-order valence-corrected chi connectivity index (χ1v) is 14.7. The number of rotatable bonds is 16. The molecular formula is C32H64N2O5. The van der Waals surface area contributed by atoms with E-state index in [0.29, 0.717) is 52.7 Å². The molecule has 0 aliphatic rings. The lowest BCUT2D eigenvalue weighted by molar-refractivity contribution is -0.122. The largest absolute Gasteiger partial charge is 0.378 e. The first-order valence-electron chi connectivity index (χ1n) is 14.7. The average Bonchev–Trinajstić information content (AvgIpc) is 2.70. The van der Waals surface area contributed by atoms with Gasteiger partial charge in [0.15, 0.2) is 0 Å². The van der Waals surface area contributed by atoms with Crippen molar-refractivity contribution in [1.29, 1.82) is 0 Å². The molecule has 2 unspecified atom stereocenters. The van der Waals surface area contributed by atoms with Crippen LogP contribution in [0.3, 0.4) is 0 Å². The lowest BCUT2D eigenvalue weighted by Gasteiger charge is -2.48. The summed E-state index contributed by atoms with van der Waals surface area (Å²) >= 11 is 0. The van der Waals surface area contributed by atoms with Gasteiger partial charge in [-0.3, -0.25) is 9.59 Å². The van der Waals surface area contributed by atoms with Crippen LogP contribution in [-0.2, 0) is 23.8 Å². The van der Waals surface area contributed by atoms with Gasteiger partial charge in [-0.15, -0.1) is 0 Å². The van der Waals surface area contributed by atoms with Crippen LogP contribution in [0.5, 0.6) is 0 Å². The molecular weight excluding hydrogens is 492 g/mol. The molecule has 0 aliphatic heterocycles. The van der Waals surface area contributed by atoms with Gasteiger partial charge in [-0.1, -0.05) is 83.1 Å². The van der Waals surface area contributed by atoms with Crippen LogP contribution in [-0.4, -0.2) is 64.5 Å². The van der Waals surface area contributed by atoms with E-state index in [2.05, 4.69) is 93.7 Å². The first-order chi connectivity index (χ1) is 17.5. The van der Waals surface area contributed by atoms with Crippen LogP contribution >= 0.6 is 0 Å². The minimum absolute atomic E-state index is 0.0177.